The van der Waals surface area contributed by atoms with E-state index in [0.29, 0.717) is 16.7 Å². The molecule has 37 heavy (non-hydrogen) atoms. The predicted octanol–water partition coefficient (Wildman–Crippen LogP) is 8.45. The zero-order chi connectivity index (χ0) is 25.8. The highest BCUT2D eigenvalue weighted by molar-refractivity contribution is 9.10. The van der Waals surface area contributed by atoms with E-state index >= 15 is 0 Å². The number of thioether (sulfide) groups is 1. The van der Waals surface area contributed by atoms with Gasteiger partial charge in [0.15, 0.2) is 5.17 Å². The van der Waals surface area contributed by atoms with Crippen molar-refractivity contribution in [3.8, 4) is 5.75 Å². The zero-order valence-corrected chi connectivity index (χ0v) is 22.9. The quantitative estimate of drug-likeness (QED) is 0.219. The van der Waals surface area contributed by atoms with Crippen LogP contribution < -0.4 is 9.64 Å². The van der Waals surface area contributed by atoms with Crippen molar-refractivity contribution in [1.82, 2.24) is 0 Å². The fourth-order valence-corrected chi connectivity index (χ4v) is 5.07. The summed E-state index contributed by atoms with van der Waals surface area (Å²) in [4.78, 5) is 20.8. The smallest absolute Gasteiger partial charge is 0.271 e. The van der Waals surface area contributed by atoms with Crippen molar-refractivity contribution in [3.05, 3.63) is 129 Å². The molecular formula is C31H25BrN2O2S. The lowest BCUT2D eigenvalue weighted by Crippen LogP contribution is -2.28. The number of anilines is 1. The minimum atomic E-state index is -0.109. The second-order valence-corrected chi connectivity index (χ2v) is 10.7. The number of hydrogen-bond donors (Lipinski definition) is 0. The van der Waals surface area contributed by atoms with Crippen LogP contribution in [0.15, 0.2) is 111 Å². The van der Waals surface area contributed by atoms with E-state index in [2.05, 4.69) is 15.9 Å². The van der Waals surface area contributed by atoms with Crippen molar-refractivity contribution in [2.75, 3.05) is 4.90 Å². The number of benzene rings is 4. The molecule has 4 aromatic rings. The summed E-state index contributed by atoms with van der Waals surface area (Å²) in [6.07, 6.45) is 1.89. The number of aliphatic imine (C=N–C) groups is 1. The van der Waals surface area contributed by atoms with Crippen LogP contribution in [0.4, 0.5) is 11.4 Å². The van der Waals surface area contributed by atoms with Crippen molar-refractivity contribution in [3.63, 3.8) is 0 Å². The number of para-hydroxylation sites is 1. The molecule has 184 valence electrons. The Hall–Kier alpha value is -3.61. The molecule has 1 aliphatic heterocycles. The van der Waals surface area contributed by atoms with Gasteiger partial charge in [0.05, 0.1) is 16.3 Å². The summed E-state index contributed by atoms with van der Waals surface area (Å²) in [5, 5.41) is 0.622. The van der Waals surface area contributed by atoms with E-state index in [-0.39, 0.29) is 5.91 Å². The number of nitrogens with zero attached hydrogens (tertiary/aromatic N) is 2. The maximum atomic E-state index is 13.7. The lowest BCUT2D eigenvalue weighted by molar-refractivity contribution is -0.113. The minimum Gasteiger partial charge on any atom is -0.488 e. The van der Waals surface area contributed by atoms with Gasteiger partial charge in [-0.2, -0.15) is 0 Å². The van der Waals surface area contributed by atoms with Crippen molar-refractivity contribution in [2.45, 2.75) is 20.5 Å². The van der Waals surface area contributed by atoms with Crippen LogP contribution in [0.25, 0.3) is 6.08 Å². The number of amidine groups is 1. The minimum absolute atomic E-state index is 0.109. The number of aryl methyl sites for hydroxylation is 2. The molecular weight excluding hydrogens is 544 g/mol. The molecule has 4 aromatic carbocycles. The van der Waals surface area contributed by atoms with Crippen LogP contribution in [0.3, 0.4) is 0 Å². The molecule has 0 spiro atoms. The molecule has 4 nitrogen and oxygen atoms in total. The van der Waals surface area contributed by atoms with Gasteiger partial charge >= 0.3 is 0 Å². The van der Waals surface area contributed by atoms with Crippen molar-refractivity contribution >= 4 is 56.2 Å². The maximum Gasteiger partial charge on any atom is 0.271 e. The van der Waals surface area contributed by atoms with Crippen molar-refractivity contribution in [2.24, 2.45) is 4.99 Å². The molecule has 1 amide bonds. The summed E-state index contributed by atoms with van der Waals surface area (Å²) in [7, 11) is 0. The molecule has 0 bridgehead atoms. The first-order valence-electron chi connectivity index (χ1n) is 11.9. The molecule has 1 aliphatic rings. The Kier molecular flexibility index (Phi) is 7.58. The van der Waals surface area contributed by atoms with Crippen molar-refractivity contribution in [1.29, 1.82) is 0 Å². The van der Waals surface area contributed by atoms with Crippen LogP contribution in [0.1, 0.15) is 22.3 Å². The van der Waals surface area contributed by atoms with E-state index in [0.717, 1.165) is 43.9 Å². The highest BCUT2D eigenvalue weighted by Gasteiger charge is 2.35. The number of amides is 1. The average molecular weight is 570 g/mol. The van der Waals surface area contributed by atoms with Gasteiger partial charge in [-0.25, -0.2) is 4.99 Å². The Morgan fingerprint density at radius 2 is 1.51 bits per heavy atom. The highest BCUT2D eigenvalue weighted by Crippen LogP contribution is 2.38. The third-order valence-corrected chi connectivity index (χ3v) is 7.37. The summed E-state index contributed by atoms with van der Waals surface area (Å²) in [5.74, 6) is 0.611. The molecule has 0 N–H and O–H groups in total. The molecule has 1 saturated heterocycles. The van der Waals surface area contributed by atoms with E-state index in [1.54, 1.807) is 4.90 Å². The van der Waals surface area contributed by atoms with Crippen LogP contribution in [-0.2, 0) is 11.4 Å². The summed E-state index contributed by atoms with van der Waals surface area (Å²) in [6, 6.07) is 31.7. The zero-order valence-electron chi connectivity index (χ0n) is 20.5. The van der Waals surface area contributed by atoms with Gasteiger partial charge in [-0.05, 0) is 79.7 Å². The summed E-state index contributed by atoms with van der Waals surface area (Å²) >= 11 is 4.84. The number of halogens is 1. The number of rotatable bonds is 6. The second-order valence-electron chi connectivity index (χ2n) is 8.77. The van der Waals surface area contributed by atoms with Crippen LogP contribution in [0, 0.1) is 13.8 Å². The first kappa shape index (κ1) is 25.1. The van der Waals surface area contributed by atoms with E-state index in [4.69, 9.17) is 9.73 Å². The van der Waals surface area contributed by atoms with Crippen LogP contribution in [0.2, 0.25) is 0 Å². The van der Waals surface area contributed by atoms with E-state index in [1.165, 1.54) is 11.8 Å². The standard InChI is InChI=1S/C31H25BrN2O2S/c1-21-7-15-26(16-8-21)33-31-34(27-17-9-22(2)10-18-27)30(35)29(37-31)19-24-5-3-4-6-28(24)36-20-23-11-13-25(32)14-12-23/h3-19H,20H2,1-2H3/b29-19+,33-31?. The Morgan fingerprint density at radius 3 is 2.22 bits per heavy atom. The largest absolute Gasteiger partial charge is 0.488 e. The van der Waals surface area contributed by atoms with Gasteiger partial charge in [-0.3, -0.25) is 9.69 Å². The van der Waals surface area contributed by atoms with Crippen LogP contribution in [-0.4, -0.2) is 11.1 Å². The first-order valence-corrected chi connectivity index (χ1v) is 13.5. The summed E-state index contributed by atoms with van der Waals surface area (Å²) < 4.78 is 7.17. The average Bonchev–Trinajstić information content (AvgIpc) is 3.20. The topological polar surface area (TPSA) is 41.9 Å². The molecule has 0 unspecified atom stereocenters. The van der Waals surface area contributed by atoms with Crippen LogP contribution in [0.5, 0.6) is 5.75 Å². The van der Waals surface area contributed by atoms with E-state index in [1.807, 2.05) is 117 Å². The molecule has 0 radical (unpaired) electrons. The number of hydrogen-bond acceptors (Lipinski definition) is 4. The number of carbonyl (C=O) groups excluding carboxylic acids is 1. The first-order chi connectivity index (χ1) is 18.0. The van der Waals surface area contributed by atoms with E-state index < -0.39 is 0 Å². The fraction of sp³-hybridized carbons (Fsp3) is 0.0968. The van der Waals surface area contributed by atoms with Gasteiger partial charge in [-0.1, -0.05) is 81.7 Å². The Balaban J connectivity index is 1.47. The molecule has 0 atom stereocenters. The Bertz CT molecular complexity index is 1480. The van der Waals surface area contributed by atoms with Crippen LogP contribution >= 0.6 is 27.7 Å². The maximum absolute atomic E-state index is 13.7. The lowest BCUT2D eigenvalue weighted by atomic mass is 10.1. The van der Waals surface area contributed by atoms with Gasteiger partial charge in [0, 0.05) is 10.0 Å². The van der Waals surface area contributed by atoms with Gasteiger partial charge < -0.3 is 4.74 Å². The summed E-state index contributed by atoms with van der Waals surface area (Å²) in [6.45, 7) is 4.51. The Morgan fingerprint density at radius 1 is 0.865 bits per heavy atom. The normalized spacial score (nSPS) is 15.5. The lowest BCUT2D eigenvalue weighted by Gasteiger charge is -2.16. The van der Waals surface area contributed by atoms with Crippen molar-refractivity contribution < 1.29 is 9.53 Å². The summed E-state index contributed by atoms with van der Waals surface area (Å²) in [5.41, 5.74) is 5.79. The van der Waals surface area contributed by atoms with Gasteiger partial charge in [-0.15, -0.1) is 0 Å². The molecule has 0 aliphatic carbocycles. The third kappa shape index (κ3) is 6.04. The third-order valence-electron chi connectivity index (χ3n) is 5.87. The highest BCUT2D eigenvalue weighted by atomic mass is 79.9. The SMILES string of the molecule is Cc1ccc(N=C2S/C(=C/c3ccccc3OCc3ccc(Br)cc3)C(=O)N2c2ccc(C)cc2)cc1. The molecule has 0 saturated carbocycles. The van der Waals surface area contributed by atoms with E-state index in [9.17, 15) is 4.79 Å². The monoisotopic (exact) mass is 568 g/mol. The Labute approximate surface area is 229 Å². The molecule has 1 heterocycles. The number of ether oxygens (including phenoxy) is 1. The molecule has 5 rings (SSSR count). The van der Waals surface area contributed by atoms with Gasteiger partial charge in [0.1, 0.15) is 12.4 Å². The molecule has 1 fully saturated rings. The van der Waals surface area contributed by atoms with Gasteiger partial charge in [0.25, 0.3) is 5.91 Å². The second kappa shape index (κ2) is 11.2. The predicted molar refractivity (Wildman–Crippen MR) is 157 cm³/mol. The van der Waals surface area contributed by atoms with Gasteiger partial charge in [0.2, 0.25) is 0 Å². The number of carbonyl (C=O) groups is 1. The molecule has 0 aromatic heterocycles. The molecule has 6 heteroatoms. The fourth-order valence-electron chi connectivity index (χ4n) is 3.81.